The van der Waals surface area contributed by atoms with Gasteiger partial charge in [-0.05, 0) is 60.6 Å². The molecule has 0 unspecified atom stereocenters. The second-order valence-electron chi connectivity index (χ2n) is 5.15. The van der Waals surface area contributed by atoms with Crippen LogP contribution in [0, 0.1) is 6.92 Å². The van der Waals surface area contributed by atoms with Crippen LogP contribution in [0.4, 0.5) is 11.4 Å². The molecule has 0 saturated heterocycles. The van der Waals surface area contributed by atoms with Crippen molar-refractivity contribution in [1.29, 1.82) is 0 Å². The van der Waals surface area contributed by atoms with Crippen molar-refractivity contribution in [3.05, 3.63) is 58.7 Å². The minimum atomic E-state index is 0.761. The molecule has 4 N–H and O–H groups in total. The Morgan fingerprint density at radius 2 is 1.80 bits per heavy atom. The Morgan fingerprint density at radius 3 is 2.45 bits per heavy atom. The van der Waals surface area contributed by atoms with E-state index < -0.39 is 0 Å². The van der Waals surface area contributed by atoms with Crippen LogP contribution >= 0.6 is 0 Å². The van der Waals surface area contributed by atoms with Crippen molar-refractivity contribution < 1.29 is 5.21 Å². The molecule has 0 aliphatic heterocycles. The minimum absolute atomic E-state index is 0.761. The Kier molecular flexibility index (Phi) is 4.64. The van der Waals surface area contributed by atoms with E-state index in [-0.39, 0.29) is 0 Å². The summed E-state index contributed by atoms with van der Waals surface area (Å²) in [6.45, 7) is 4.09. The third-order valence-corrected chi connectivity index (χ3v) is 3.72. The monoisotopic (exact) mass is 270 g/mol. The van der Waals surface area contributed by atoms with Gasteiger partial charge in [0.15, 0.2) is 0 Å². The summed E-state index contributed by atoms with van der Waals surface area (Å²) < 4.78 is 0. The fourth-order valence-electron chi connectivity index (χ4n) is 2.32. The van der Waals surface area contributed by atoms with Gasteiger partial charge in [0, 0.05) is 5.69 Å². The predicted molar refractivity (Wildman–Crippen MR) is 84.2 cm³/mol. The first-order valence-electron chi connectivity index (χ1n) is 7.01. The molecule has 3 heteroatoms. The summed E-state index contributed by atoms with van der Waals surface area (Å²) in [7, 11) is 0. The van der Waals surface area contributed by atoms with E-state index in [1.165, 1.54) is 16.7 Å². The molecule has 0 aliphatic rings. The van der Waals surface area contributed by atoms with Gasteiger partial charge in [-0.3, -0.25) is 10.7 Å². The first kappa shape index (κ1) is 14.4. The van der Waals surface area contributed by atoms with Crippen LogP contribution in [0.1, 0.15) is 29.2 Å². The molecule has 2 rings (SSSR count). The molecule has 0 radical (unpaired) electrons. The summed E-state index contributed by atoms with van der Waals surface area (Å²) in [5.74, 6) is 0. The van der Waals surface area contributed by atoms with E-state index in [2.05, 4.69) is 36.7 Å². The van der Waals surface area contributed by atoms with Crippen LogP contribution in [0.2, 0.25) is 0 Å². The lowest BCUT2D eigenvalue weighted by Gasteiger charge is -2.10. The standard InChI is InChI=1S/C17H22N2O/c1-3-13-6-8-15(16(18)10-13)9-7-14-5-4-12(2)17(11-14)19-20/h4-6,8,10-11,19-20H,3,7,9,18H2,1-2H3. The summed E-state index contributed by atoms with van der Waals surface area (Å²) in [5.41, 5.74) is 14.6. The molecule has 3 nitrogen and oxygen atoms in total. The van der Waals surface area contributed by atoms with Crippen molar-refractivity contribution in [3.8, 4) is 0 Å². The van der Waals surface area contributed by atoms with Gasteiger partial charge in [0.1, 0.15) is 0 Å². The van der Waals surface area contributed by atoms with E-state index in [1.54, 1.807) is 0 Å². The zero-order valence-electron chi connectivity index (χ0n) is 12.1. The Hall–Kier alpha value is -2.00. The lowest BCUT2D eigenvalue weighted by Crippen LogP contribution is -2.00. The van der Waals surface area contributed by atoms with Gasteiger partial charge in [-0.25, -0.2) is 0 Å². The van der Waals surface area contributed by atoms with E-state index >= 15 is 0 Å². The van der Waals surface area contributed by atoms with Crippen LogP contribution in [0.15, 0.2) is 36.4 Å². The van der Waals surface area contributed by atoms with Gasteiger partial charge in [0.05, 0.1) is 5.69 Å². The lowest BCUT2D eigenvalue weighted by atomic mass is 9.99. The number of hydrogen-bond acceptors (Lipinski definition) is 3. The number of benzene rings is 2. The van der Waals surface area contributed by atoms with Crippen molar-refractivity contribution in [3.63, 3.8) is 0 Å². The fourth-order valence-corrected chi connectivity index (χ4v) is 2.32. The van der Waals surface area contributed by atoms with E-state index in [0.717, 1.165) is 36.2 Å². The van der Waals surface area contributed by atoms with Crippen LogP contribution in [0.5, 0.6) is 0 Å². The Morgan fingerprint density at radius 1 is 1.05 bits per heavy atom. The van der Waals surface area contributed by atoms with E-state index in [1.807, 2.05) is 19.1 Å². The van der Waals surface area contributed by atoms with Gasteiger partial charge in [-0.2, -0.15) is 0 Å². The number of aryl methyl sites for hydroxylation is 4. The normalized spacial score (nSPS) is 10.6. The molecule has 2 aromatic rings. The molecule has 0 aliphatic carbocycles. The zero-order chi connectivity index (χ0) is 14.5. The molecular weight excluding hydrogens is 248 g/mol. The maximum atomic E-state index is 9.06. The lowest BCUT2D eigenvalue weighted by molar-refractivity contribution is 0.388. The van der Waals surface area contributed by atoms with Crippen LogP contribution in [-0.2, 0) is 19.3 Å². The van der Waals surface area contributed by atoms with E-state index in [4.69, 9.17) is 10.9 Å². The average molecular weight is 270 g/mol. The number of anilines is 2. The molecule has 0 heterocycles. The van der Waals surface area contributed by atoms with Gasteiger partial charge in [0.25, 0.3) is 0 Å². The van der Waals surface area contributed by atoms with Crippen molar-refractivity contribution in [2.75, 3.05) is 11.2 Å². The van der Waals surface area contributed by atoms with E-state index in [0.29, 0.717) is 0 Å². The molecule has 0 spiro atoms. The Labute approximate surface area is 120 Å². The van der Waals surface area contributed by atoms with Crippen LogP contribution < -0.4 is 11.2 Å². The van der Waals surface area contributed by atoms with Crippen LogP contribution in [0.3, 0.4) is 0 Å². The molecule has 0 fully saturated rings. The van der Waals surface area contributed by atoms with E-state index in [9.17, 15) is 0 Å². The molecule has 20 heavy (non-hydrogen) atoms. The highest BCUT2D eigenvalue weighted by molar-refractivity contribution is 5.52. The average Bonchev–Trinajstić information content (AvgIpc) is 2.47. The third kappa shape index (κ3) is 3.31. The van der Waals surface area contributed by atoms with Gasteiger partial charge in [0.2, 0.25) is 0 Å². The number of rotatable bonds is 5. The molecule has 0 atom stereocenters. The molecule has 0 aromatic heterocycles. The number of hydrogen-bond donors (Lipinski definition) is 3. The Bertz CT molecular complexity index is 594. The molecule has 106 valence electrons. The van der Waals surface area contributed by atoms with Gasteiger partial charge in [-0.15, -0.1) is 0 Å². The van der Waals surface area contributed by atoms with Gasteiger partial charge in [-0.1, -0.05) is 31.2 Å². The van der Waals surface area contributed by atoms with Gasteiger partial charge < -0.3 is 5.73 Å². The minimum Gasteiger partial charge on any atom is -0.398 e. The van der Waals surface area contributed by atoms with Crippen molar-refractivity contribution in [2.24, 2.45) is 0 Å². The number of nitrogens with two attached hydrogens (primary N) is 1. The predicted octanol–water partition coefficient (Wildman–Crippen LogP) is 3.73. The smallest absolute Gasteiger partial charge is 0.0633 e. The highest BCUT2D eigenvalue weighted by atomic mass is 16.5. The summed E-state index contributed by atoms with van der Waals surface area (Å²) in [6.07, 6.45) is 2.82. The first-order chi connectivity index (χ1) is 9.63. The topological polar surface area (TPSA) is 58.3 Å². The Balaban J connectivity index is 2.08. The van der Waals surface area contributed by atoms with Crippen molar-refractivity contribution in [1.82, 2.24) is 0 Å². The highest BCUT2D eigenvalue weighted by Gasteiger charge is 2.03. The second kappa shape index (κ2) is 6.44. The van der Waals surface area contributed by atoms with Crippen molar-refractivity contribution in [2.45, 2.75) is 33.1 Å². The highest BCUT2D eigenvalue weighted by Crippen LogP contribution is 2.20. The van der Waals surface area contributed by atoms with Crippen molar-refractivity contribution >= 4 is 11.4 Å². The molecular formula is C17H22N2O. The number of nitrogen functional groups attached to an aromatic ring is 1. The molecule has 0 bridgehead atoms. The van der Waals surface area contributed by atoms with Crippen LogP contribution in [0.25, 0.3) is 0 Å². The maximum absolute atomic E-state index is 9.06. The quantitative estimate of drug-likeness (QED) is 0.573. The van der Waals surface area contributed by atoms with Crippen LogP contribution in [-0.4, -0.2) is 5.21 Å². The zero-order valence-corrected chi connectivity index (χ0v) is 12.1. The molecule has 0 saturated carbocycles. The number of nitrogens with one attached hydrogen (secondary N) is 1. The fraction of sp³-hybridized carbons (Fsp3) is 0.294. The molecule has 2 aromatic carbocycles. The summed E-state index contributed by atoms with van der Waals surface area (Å²) in [6, 6.07) is 12.4. The summed E-state index contributed by atoms with van der Waals surface area (Å²) >= 11 is 0. The maximum Gasteiger partial charge on any atom is 0.0633 e. The van der Waals surface area contributed by atoms with Gasteiger partial charge >= 0.3 is 0 Å². The SMILES string of the molecule is CCc1ccc(CCc2ccc(C)c(NO)c2)c(N)c1. The summed E-state index contributed by atoms with van der Waals surface area (Å²) in [5, 5.41) is 9.06. The first-order valence-corrected chi connectivity index (χ1v) is 7.01. The third-order valence-electron chi connectivity index (χ3n) is 3.72. The largest absolute Gasteiger partial charge is 0.398 e. The summed E-state index contributed by atoms with van der Waals surface area (Å²) in [4.78, 5) is 0. The molecule has 0 amide bonds. The second-order valence-corrected chi connectivity index (χ2v) is 5.15.